The van der Waals surface area contributed by atoms with E-state index in [1.807, 2.05) is 36.4 Å². The largest absolute Gasteiger partial charge is 0.497 e. The lowest BCUT2D eigenvalue weighted by Gasteiger charge is -2.09. The van der Waals surface area contributed by atoms with Gasteiger partial charge in [-0.05, 0) is 49.7 Å². The van der Waals surface area contributed by atoms with E-state index in [-0.39, 0.29) is 6.04 Å². The Morgan fingerprint density at radius 3 is 2.74 bits per heavy atom. The number of furan rings is 1. The molecule has 0 radical (unpaired) electrons. The summed E-state index contributed by atoms with van der Waals surface area (Å²) in [6.45, 7) is 2.07. The maximum Gasteiger partial charge on any atom is 0.321 e. The number of anilines is 1. The van der Waals surface area contributed by atoms with Crippen molar-refractivity contribution in [2.45, 2.75) is 25.8 Å². The first-order chi connectivity index (χ1) is 11.2. The van der Waals surface area contributed by atoms with E-state index in [0.29, 0.717) is 11.8 Å². The van der Waals surface area contributed by atoms with Crippen LogP contribution in [0.4, 0.5) is 6.01 Å². The molecule has 1 N–H and O–H groups in total. The summed E-state index contributed by atoms with van der Waals surface area (Å²) in [6.07, 6.45) is 3.46. The van der Waals surface area contributed by atoms with Crippen molar-refractivity contribution in [3.63, 3.8) is 0 Å². The third-order valence-electron chi connectivity index (χ3n) is 3.55. The first kappa shape index (κ1) is 15.1. The Labute approximate surface area is 134 Å². The van der Waals surface area contributed by atoms with Crippen molar-refractivity contribution in [3.05, 3.63) is 48.4 Å². The SMILES string of the molecule is COc1ccc(-c2noc(N[C@H](C)CCc3ccco3)n2)cc1. The van der Waals surface area contributed by atoms with Gasteiger partial charge in [-0.1, -0.05) is 5.16 Å². The normalized spacial score (nSPS) is 12.1. The molecule has 1 atom stereocenters. The second-order valence-corrected chi connectivity index (χ2v) is 5.32. The van der Waals surface area contributed by atoms with E-state index < -0.39 is 0 Å². The fourth-order valence-electron chi connectivity index (χ4n) is 2.24. The minimum absolute atomic E-state index is 0.198. The zero-order chi connectivity index (χ0) is 16.1. The topological polar surface area (TPSA) is 73.3 Å². The van der Waals surface area contributed by atoms with E-state index >= 15 is 0 Å². The summed E-state index contributed by atoms with van der Waals surface area (Å²) in [5.41, 5.74) is 0.880. The Hall–Kier alpha value is -2.76. The van der Waals surface area contributed by atoms with Crippen LogP contribution in [0.25, 0.3) is 11.4 Å². The molecular weight excluding hydrogens is 294 g/mol. The van der Waals surface area contributed by atoms with E-state index in [9.17, 15) is 0 Å². The highest BCUT2D eigenvalue weighted by Crippen LogP contribution is 2.21. The molecule has 0 saturated heterocycles. The Balaban J connectivity index is 1.57. The fraction of sp³-hybridized carbons (Fsp3) is 0.294. The molecule has 0 aliphatic carbocycles. The molecule has 6 nitrogen and oxygen atoms in total. The molecule has 3 rings (SSSR count). The number of nitrogens with zero attached hydrogens (tertiary/aromatic N) is 2. The van der Waals surface area contributed by atoms with E-state index in [2.05, 4.69) is 22.4 Å². The summed E-state index contributed by atoms with van der Waals surface area (Å²) in [6, 6.07) is 12.0. The second-order valence-electron chi connectivity index (χ2n) is 5.32. The van der Waals surface area contributed by atoms with Gasteiger partial charge in [0.2, 0.25) is 5.82 Å². The number of hydrogen-bond donors (Lipinski definition) is 1. The van der Waals surface area contributed by atoms with Gasteiger partial charge in [0.15, 0.2) is 0 Å². The molecular formula is C17H19N3O3. The molecule has 0 aliphatic heterocycles. The van der Waals surface area contributed by atoms with Gasteiger partial charge in [-0.3, -0.25) is 0 Å². The summed E-state index contributed by atoms with van der Waals surface area (Å²) in [4.78, 5) is 4.37. The molecule has 0 fully saturated rings. The van der Waals surface area contributed by atoms with Crippen molar-refractivity contribution in [2.75, 3.05) is 12.4 Å². The summed E-state index contributed by atoms with van der Waals surface area (Å²) in [5, 5.41) is 7.21. The molecule has 3 aromatic rings. The predicted molar refractivity (Wildman–Crippen MR) is 86.4 cm³/mol. The summed E-state index contributed by atoms with van der Waals surface area (Å²) in [5.74, 6) is 2.32. The van der Waals surface area contributed by atoms with Gasteiger partial charge in [0, 0.05) is 18.0 Å². The van der Waals surface area contributed by atoms with Gasteiger partial charge in [0.05, 0.1) is 13.4 Å². The first-order valence-electron chi connectivity index (χ1n) is 7.51. The van der Waals surface area contributed by atoms with Crippen molar-refractivity contribution < 1.29 is 13.7 Å². The lowest BCUT2D eigenvalue weighted by Crippen LogP contribution is -2.16. The molecule has 0 saturated carbocycles. The Morgan fingerprint density at radius 2 is 2.04 bits per heavy atom. The summed E-state index contributed by atoms with van der Waals surface area (Å²) in [7, 11) is 1.63. The van der Waals surface area contributed by atoms with Gasteiger partial charge in [-0.15, -0.1) is 0 Å². The van der Waals surface area contributed by atoms with Crippen LogP contribution >= 0.6 is 0 Å². The summed E-state index contributed by atoms with van der Waals surface area (Å²) >= 11 is 0. The van der Waals surface area contributed by atoms with Crippen LogP contribution in [-0.2, 0) is 6.42 Å². The highest BCUT2D eigenvalue weighted by molar-refractivity contribution is 5.56. The zero-order valence-corrected chi connectivity index (χ0v) is 13.2. The molecule has 0 bridgehead atoms. The van der Waals surface area contributed by atoms with Gasteiger partial charge < -0.3 is 19.0 Å². The molecule has 120 valence electrons. The van der Waals surface area contributed by atoms with Crippen LogP contribution in [0.5, 0.6) is 5.75 Å². The number of rotatable bonds is 7. The van der Waals surface area contributed by atoms with Crippen molar-refractivity contribution in [1.29, 1.82) is 0 Å². The Morgan fingerprint density at radius 1 is 1.22 bits per heavy atom. The predicted octanol–water partition coefficient (Wildman–Crippen LogP) is 3.77. The zero-order valence-electron chi connectivity index (χ0n) is 13.2. The molecule has 0 aliphatic rings. The van der Waals surface area contributed by atoms with Gasteiger partial charge >= 0.3 is 6.01 Å². The smallest absolute Gasteiger partial charge is 0.321 e. The van der Waals surface area contributed by atoms with Crippen molar-refractivity contribution in [3.8, 4) is 17.1 Å². The number of methoxy groups -OCH3 is 1. The summed E-state index contributed by atoms with van der Waals surface area (Å²) < 4.78 is 15.7. The quantitative estimate of drug-likeness (QED) is 0.715. The molecule has 2 aromatic heterocycles. The first-order valence-corrected chi connectivity index (χ1v) is 7.51. The van der Waals surface area contributed by atoms with Gasteiger partial charge in [-0.2, -0.15) is 4.98 Å². The maximum absolute atomic E-state index is 5.33. The number of aryl methyl sites for hydroxylation is 1. The van der Waals surface area contributed by atoms with Crippen LogP contribution in [0.2, 0.25) is 0 Å². The minimum Gasteiger partial charge on any atom is -0.497 e. The molecule has 0 spiro atoms. The minimum atomic E-state index is 0.198. The van der Waals surface area contributed by atoms with E-state index in [1.165, 1.54) is 0 Å². The molecule has 0 amide bonds. The van der Waals surface area contributed by atoms with Gasteiger partial charge in [0.25, 0.3) is 0 Å². The number of hydrogen-bond acceptors (Lipinski definition) is 6. The number of ether oxygens (including phenoxy) is 1. The highest BCUT2D eigenvalue weighted by Gasteiger charge is 2.11. The van der Waals surface area contributed by atoms with Crippen molar-refractivity contribution in [2.24, 2.45) is 0 Å². The number of nitrogens with one attached hydrogen (secondary N) is 1. The van der Waals surface area contributed by atoms with E-state index in [1.54, 1.807) is 13.4 Å². The fourth-order valence-corrected chi connectivity index (χ4v) is 2.24. The van der Waals surface area contributed by atoms with Crippen molar-refractivity contribution >= 4 is 6.01 Å². The molecule has 23 heavy (non-hydrogen) atoms. The van der Waals surface area contributed by atoms with Crippen LogP contribution in [0.3, 0.4) is 0 Å². The van der Waals surface area contributed by atoms with Crippen LogP contribution in [-0.4, -0.2) is 23.3 Å². The second kappa shape index (κ2) is 7.00. The van der Waals surface area contributed by atoms with E-state index in [0.717, 1.165) is 29.9 Å². The van der Waals surface area contributed by atoms with Crippen LogP contribution in [0, 0.1) is 0 Å². The average molecular weight is 313 g/mol. The number of aromatic nitrogens is 2. The molecule has 2 heterocycles. The number of benzene rings is 1. The Bertz CT molecular complexity index is 720. The van der Waals surface area contributed by atoms with Crippen molar-refractivity contribution in [1.82, 2.24) is 10.1 Å². The highest BCUT2D eigenvalue weighted by atomic mass is 16.5. The third-order valence-corrected chi connectivity index (χ3v) is 3.55. The van der Waals surface area contributed by atoms with Gasteiger partial charge in [0.1, 0.15) is 11.5 Å². The monoisotopic (exact) mass is 313 g/mol. The third kappa shape index (κ3) is 3.91. The lowest BCUT2D eigenvalue weighted by molar-refractivity contribution is 0.414. The molecule has 1 aromatic carbocycles. The molecule has 6 heteroatoms. The lowest BCUT2D eigenvalue weighted by atomic mass is 10.1. The average Bonchev–Trinajstić information content (AvgIpc) is 3.25. The van der Waals surface area contributed by atoms with Gasteiger partial charge in [-0.25, -0.2) is 0 Å². The maximum atomic E-state index is 5.33. The standard InChI is InChI=1S/C17H19N3O3/c1-12(5-8-15-4-3-11-22-15)18-17-19-16(20-23-17)13-6-9-14(21-2)10-7-13/h3-4,6-7,9-12H,5,8H2,1-2H3,(H,18,19,20)/t12-/m1/s1. The Kier molecular flexibility index (Phi) is 4.61. The van der Waals surface area contributed by atoms with E-state index in [4.69, 9.17) is 13.7 Å². The molecule has 0 unspecified atom stereocenters. The van der Waals surface area contributed by atoms with Crippen LogP contribution < -0.4 is 10.1 Å². The van der Waals surface area contributed by atoms with Crippen LogP contribution in [0.15, 0.2) is 51.6 Å². The van der Waals surface area contributed by atoms with Crippen LogP contribution in [0.1, 0.15) is 19.1 Å².